The standard InChI is InChI=1S/C16H20N2OS/c19-16-15-11-7-6-8-13(15)12-17-18(16)20-14-9-4-2-1-3-5-10-14/h6-8,11-12,14H,1-5,9-10H2. The summed E-state index contributed by atoms with van der Waals surface area (Å²) in [5.41, 5.74) is 0.0233. The van der Waals surface area contributed by atoms with Crippen molar-refractivity contribution < 1.29 is 0 Å². The summed E-state index contributed by atoms with van der Waals surface area (Å²) in [5, 5.41) is 6.54. The summed E-state index contributed by atoms with van der Waals surface area (Å²) in [5.74, 6) is 0. The summed E-state index contributed by atoms with van der Waals surface area (Å²) >= 11 is 1.62. The quantitative estimate of drug-likeness (QED) is 0.837. The van der Waals surface area contributed by atoms with Crippen LogP contribution in [0.25, 0.3) is 10.8 Å². The van der Waals surface area contributed by atoms with E-state index in [2.05, 4.69) is 5.10 Å². The Hall–Kier alpha value is -1.29. The van der Waals surface area contributed by atoms with Crippen LogP contribution in [0.3, 0.4) is 0 Å². The second-order valence-corrected chi connectivity index (χ2v) is 6.71. The molecule has 1 aliphatic carbocycles. The van der Waals surface area contributed by atoms with Crippen LogP contribution in [0.2, 0.25) is 0 Å². The molecule has 0 amide bonds. The van der Waals surface area contributed by atoms with E-state index in [1.807, 2.05) is 24.3 Å². The van der Waals surface area contributed by atoms with Crippen LogP contribution in [0, 0.1) is 0 Å². The van der Waals surface area contributed by atoms with Crippen molar-refractivity contribution in [2.24, 2.45) is 0 Å². The second kappa shape index (κ2) is 6.44. The Morgan fingerprint density at radius 3 is 2.55 bits per heavy atom. The van der Waals surface area contributed by atoms with Crippen LogP contribution in [0.15, 0.2) is 35.3 Å². The number of aromatic nitrogens is 2. The molecule has 0 aliphatic heterocycles. The third-order valence-electron chi connectivity index (χ3n) is 3.97. The van der Waals surface area contributed by atoms with Crippen molar-refractivity contribution in [3.05, 3.63) is 40.8 Å². The fourth-order valence-corrected chi connectivity index (χ4v) is 3.94. The van der Waals surface area contributed by atoms with Crippen molar-refractivity contribution in [3.8, 4) is 0 Å². The number of rotatable bonds is 2. The van der Waals surface area contributed by atoms with E-state index in [9.17, 15) is 4.79 Å². The van der Waals surface area contributed by atoms with E-state index < -0.39 is 0 Å². The summed E-state index contributed by atoms with van der Waals surface area (Å²) in [7, 11) is 0. The van der Waals surface area contributed by atoms with Crippen molar-refractivity contribution in [1.29, 1.82) is 0 Å². The van der Waals surface area contributed by atoms with Crippen LogP contribution in [-0.4, -0.2) is 14.4 Å². The first-order valence-corrected chi connectivity index (χ1v) is 8.32. The predicted molar refractivity (Wildman–Crippen MR) is 85.1 cm³/mol. The van der Waals surface area contributed by atoms with Gasteiger partial charge < -0.3 is 0 Å². The molecular formula is C16H20N2OS. The molecular weight excluding hydrogens is 268 g/mol. The maximum atomic E-state index is 12.4. The van der Waals surface area contributed by atoms with E-state index in [0.29, 0.717) is 5.25 Å². The van der Waals surface area contributed by atoms with Crippen molar-refractivity contribution in [3.63, 3.8) is 0 Å². The Bertz CT molecular complexity index is 630. The molecule has 2 aromatic rings. The largest absolute Gasteiger partial charge is 0.285 e. The van der Waals surface area contributed by atoms with Crippen LogP contribution in [0.4, 0.5) is 0 Å². The summed E-state index contributed by atoms with van der Waals surface area (Å²) in [6.45, 7) is 0. The number of benzene rings is 1. The lowest BCUT2D eigenvalue weighted by atomic mass is 10.0. The van der Waals surface area contributed by atoms with Gasteiger partial charge in [-0.25, -0.2) is 0 Å². The maximum Gasteiger partial charge on any atom is 0.285 e. The molecule has 0 atom stereocenters. The number of fused-ring (bicyclic) bond motifs is 1. The summed E-state index contributed by atoms with van der Waals surface area (Å²) < 4.78 is 1.59. The molecule has 1 heterocycles. The van der Waals surface area contributed by atoms with Gasteiger partial charge in [0.1, 0.15) is 0 Å². The van der Waals surface area contributed by atoms with E-state index in [4.69, 9.17) is 0 Å². The molecule has 0 saturated heterocycles. The summed E-state index contributed by atoms with van der Waals surface area (Å²) in [6, 6.07) is 7.67. The first-order valence-electron chi connectivity index (χ1n) is 7.49. The van der Waals surface area contributed by atoms with E-state index in [0.717, 1.165) is 10.8 Å². The van der Waals surface area contributed by atoms with Crippen molar-refractivity contribution in [2.45, 2.75) is 50.2 Å². The molecule has 0 bridgehead atoms. The van der Waals surface area contributed by atoms with Gasteiger partial charge >= 0.3 is 0 Å². The van der Waals surface area contributed by atoms with Gasteiger partial charge in [-0.15, -0.1) is 0 Å². The second-order valence-electron chi connectivity index (χ2n) is 5.48. The van der Waals surface area contributed by atoms with Crippen LogP contribution < -0.4 is 5.56 Å². The number of hydrogen-bond donors (Lipinski definition) is 0. The van der Waals surface area contributed by atoms with Crippen LogP contribution in [0.1, 0.15) is 44.9 Å². The molecule has 0 N–H and O–H groups in total. The van der Waals surface area contributed by atoms with Crippen molar-refractivity contribution in [1.82, 2.24) is 9.19 Å². The SMILES string of the molecule is O=c1c2ccccc2cnn1SC1CCCCCCC1. The highest BCUT2D eigenvalue weighted by Crippen LogP contribution is 2.26. The average Bonchev–Trinajstić information content (AvgIpc) is 2.44. The van der Waals surface area contributed by atoms with Gasteiger partial charge in [0.25, 0.3) is 5.56 Å². The molecule has 106 valence electrons. The third kappa shape index (κ3) is 3.06. The Morgan fingerprint density at radius 2 is 1.75 bits per heavy atom. The first-order chi connectivity index (χ1) is 9.84. The highest BCUT2D eigenvalue weighted by Gasteiger charge is 2.15. The minimum Gasteiger partial charge on any atom is -0.266 e. The number of hydrogen-bond acceptors (Lipinski definition) is 3. The van der Waals surface area contributed by atoms with E-state index in [1.54, 1.807) is 22.2 Å². The molecule has 1 saturated carbocycles. The molecule has 1 aromatic carbocycles. The summed E-state index contributed by atoms with van der Waals surface area (Å²) in [6.07, 6.45) is 10.8. The van der Waals surface area contributed by atoms with Crippen molar-refractivity contribution >= 4 is 22.7 Å². The predicted octanol–water partition coefficient (Wildman–Crippen LogP) is 4.01. The van der Waals surface area contributed by atoms with E-state index >= 15 is 0 Å². The van der Waals surface area contributed by atoms with Crippen LogP contribution >= 0.6 is 11.9 Å². The van der Waals surface area contributed by atoms with Gasteiger partial charge in [0.2, 0.25) is 0 Å². The van der Waals surface area contributed by atoms with Crippen molar-refractivity contribution in [2.75, 3.05) is 0 Å². The Labute approximate surface area is 123 Å². The zero-order valence-corrected chi connectivity index (χ0v) is 12.4. The van der Waals surface area contributed by atoms with Crippen LogP contribution in [0.5, 0.6) is 0 Å². The average molecular weight is 288 g/mol. The highest BCUT2D eigenvalue weighted by atomic mass is 32.2. The lowest BCUT2D eigenvalue weighted by Gasteiger charge is -2.18. The Kier molecular flexibility index (Phi) is 4.41. The fourth-order valence-electron chi connectivity index (χ4n) is 2.81. The van der Waals surface area contributed by atoms with Gasteiger partial charge in [0, 0.05) is 10.6 Å². The first kappa shape index (κ1) is 13.7. The van der Waals surface area contributed by atoms with Gasteiger partial charge in [-0.1, -0.05) is 50.3 Å². The van der Waals surface area contributed by atoms with E-state index in [-0.39, 0.29) is 5.56 Å². The van der Waals surface area contributed by atoms with Gasteiger partial charge in [-0.2, -0.15) is 9.19 Å². The minimum absolute atomic E-state index is 0.0233. The zero-order valence-electron chi connectivity index (χ0n) is 11.6. The van der Waals surface area contributed by atoms with Gasteiger partial charge in [-0.3, -0.25) is 4.79 Å². The Balaban J connectivity index is 1.83. The molecule has 0 unspecified atom stereocenters. The Morgan fingerprint density at radius 1 is 1.05 bits per heavy atom. The van der Waals surface area contributed by atoms with Gasteiger partial charge in [0.05, 0.1) is 11.6 Å². The molecule has 3 nitrogen and oxygen atoms in total. The highest BCUT2D eigenvalue weighted by molar-refractivity contribution is 7.98. The van der Waals surface area contributed by atoms with E-state index in [1.165, 1.54) is 44.9 Å². The maximum absolute atomic E-state index is 12.4. The van der Waals surface area contributed by atoms with Gasteiger partial charge in [-0.05, 0) is 30.9 Å². The smallest absolute Gasteiger partial charge is 0.266 e. The molecule has 1 fully saturated rings. The third-order valence-corrected chi connectivity index (χ3v) is 5.20. The lowest BCUT2D eigenvalue weighted by molar-refractivity contribution is 0.511. The molecule has 20 heavy (non-hydrogen) atoms. The van der Waals surface area contributed by atoms with Crippen LogP contribution in [-0.2, 0) is 0 Å². The topological polar surface area (TPSA) is 34.9 Å². The zero-order chi connectivity index (χ0) is 13.8. The number of nitrogens with zero attached hydrogens (tertiary/aromatic N) is 2. The normalized spacial score (nSPS) is 17.8. The molecule has 1 aromatic heterocycles. The van der Waals surface area contributed by atoms with Gasteiger partial charge in [0.15, 0.2) is 0 Å². The lowest BCUT2D eigenvalue weighted by Crippen LogP contribution is -2.21. The molecule has 0 radical (unpaired) electrons. The monoisotopic (exact) mass is 288 g/mol. The minimum atomic E-state index is 0.0233. The summed E-state index contributed by atoms with van der Waals surface area (Å²) in [4.78, 5) is 12.4. The molecule has 0 spiro atoms. The molecule has 3 rings (SSSR count). The molecule has 1 aliphatic rings. The fraction of sp³-hybridized carbons (Fsp3) is 0.500. The molecule has 4 heteroatoms.